The van der Waals surface area contributed by atoms with Gasteiger partial charge in [0.15, 0.2) is 18.2 Å². The Hall–Kier alpha value is -3.62. The van der Waals surface area contributed by atoms with E-state index in [0.717, 1.165) is 0 Å². The van der Waals surface area contributed by atoms with Gasteiger partial charge in [-0.05, 0) is 37.1 Å². The van der Waals surface area contributed by atoms with Gasteiger partial charge in [0.05, 0.1) is 5.56 Å². The molecule has 40 heavy (non-hydrogen) atoms. The third kappa shape index (κ3) is 5.51. The van der Waals surface area contributed by atoms with Gasteiger partial charge in [0.1, 0.15) is 5.03 Å². The number of aromatic amines is 1. The lowest BCUT2D eigenvalue weighted by Crippen LogP contribution is -2.62. The summed E-state index contributed by atoms with van der Waals surface area (Å²) in [6.45, 7) is -0.653. The first-order valence-corrected chi connectivity index (χ1v) is 14.4. The Bertz CT molecular complexity index is 1600. The summed E-state index contributed by atoms with van der Waals surface area (Å²) >= 11 is 6.06. The molecule has 0 radical (unpaired) electrons. The van der Waals surface area contributed by atoms with E-state index in [1.807, 2.05) is 0 Å². The van der Waals surface area contributed by atoms with E-state index in [1.54, 1.807) is 30.3 Å². The predicted octanol–water partition coefficient (Wildman–Crippen LogP) is 1.56. The second-order valence-electron chi connectivity index (χ2n) is 9.47. The standard InChI is InChI=1S/C26H27ClN6O6S/c27-20-1-2-23-18(11-20)12-24(30-23)40(38,39)32-15-21(5-9-34)33(22(16-32)6-10-35)26(36)19-13-28-25(29-14-19)17-3-7-31(37)8-4-17/h1-4,7-8,11-14,21-22,30,34-35H,5-6,9-10,15-16H2. The van der Waals surface area contributed by atoms with Crippen LogP contribution in [-0.4, -0.2) is 87.1 Å². The van der Waals surface area contributed by atoms with Crippen molar-refractivity contribution in [3.05, 3.63) is 77.0 Å². The average molecular weight is 587 g/mol. The fourth-order valence-corrected chi connectivity index (χ4v) is 6.67. The zero-order valence-corrected chi connectivity index (χ0v) is 22.8. The number of carbonyl (C=O) groups is 1. The van der Waals surface area contributed by atoms with Crippen LogP contribution < -0.4 is 4.73 Å². The van der Waals surface area contributed by atoms with Gasteiger partial charge >= 0.3 is 0 Å². The molecular weight excluding hydrogens is 560 g/mol. The van der Waals surface area contributed by atoms with Crippen LogP contribution in [0.1, 0.15) is 23.2 Å². The summed E-state index contributed by atoms with van der Waals surface area (Å²) in [5, 5.41) is 32.0. The number of H-pyrrole nitrogens is 1. The first-order chi connectivity index (χ1) is 19.2. The molecule has 0 bridgehead atoms. The molecule has 12 nitrogen and oxygen atoms in total. The Morgan fingerprint density at radius 1 is 1.05 bits per heavy atom. The van der Waals surface area contributed by atoms with Gasteiger partial charge in [-0.25, -0.2) is 18.4 Å². The molecule has 1 aliphatic rings. The van der Waals surface area contributed by atoms with Crippen LogP contribution in [0.4, 0.5) is 0 Å². The van der Waals surface area contributed by atoms with Gasteiger partial charge in [-0.15, -0.1) is 0 Å². The lowest BCUT2D eigenvalue weighted by atomic mass is 10.0. The lowest BCUT2D eigenvalue weighted by molar-refractivity contribution is -0.605. The number of pyridine rings is 1. The minimum atomic E-state index is -4.01. The normalized spacial score (nSPS) is 18.3. The topological polar surface area (TPSA) is 167 Å². The van der Waals surface area contributed by atoms with Crippen molar-refractivity contribution in [1.82, 2.24) is 24.2 Å². The summed E-state index contributed by atoms with van der Waals surface area (Å²) < 4.78 is 29.3. The molecule has 0 spiro atoms. The van der Waals surface area contributed by atoms with Gasteiger partial charge in [-0.2, -0.15) is 9.04 Å². The van der Waals surface area contributed by atoms with Crippen LogP contribution in [0.25, 0.3) is 22.3 Å². The maximum atomic E-state index is 13.7. The molecular formula is C26H27ClN6O6S. The summed E-state index contributed by atoms with van der Waals surface area (Å²) in [5.41, 5.74) is 1.38. The van der Waals surface area contributed by atoms with Gasteiger partial charge in [-0.3, -0.25) is 4.79 Å². The number of piperazine rings is 1. The molecule has 3 aromatic heterocycles. The highest BCUT2D eigenvalue weighted by Crippen LogP contribution is 2.29. The maximum Gasteiger partial charge on any atom is 0.258 e. The van der Waals surface area contributed by atoms with Gasteiger partial charge in [-0.1, -0.05) is 11.6 Å². The number of sulfonamides is 1. The third-order valence-electron chi connectivity index (χ3n) is 6.91. The van der Waals surface area contributed by atoms with Crippen molar-refractivity contribution in [2.24, 2.45) is 0 Å². The van der Waals surface area contributed by atoms with E-state index < -0.39 is 28.0 Å². The molecule has 1 saturated heterocycles. The zero-order valence-electron chi connectivity index (χ0n) is 21.2. The van der Waals surface area contributed by atoms with E-state index in [2.05, 4.69) is 15.0 Å². The maximum absolute atomic E-state index is 13.7. The van der Waals surface area contributed by atoms with E-state index in [-0.39, 0.29) is 49.7 Å². The van der Waals surface area contributed by atoms with Crippen molar-refractivity contribution in [3.63, 3.8) is 0 Å². The fraction of sp³-hybridized carbons (Fsp3) is 0.308. The Balaban J connectivity index is 1.43. The van der Waals surface area contributed by atoms with Crippen molar-refractivity contribution in [1.29, 1.82) is 0 Å². The summed E-state index contributed by atoms with van der Waals surface area (Å²) in [4.78, 5) is 26.7. The molecule has 1 aromatic carbocycles. The number of fused-ring (bicyclic) bond motifs is 1. The fourth-order valence-electron chi connectivity index (χ4n) is 4.96. The quantitative estimate of drug-likeness (QED) is 0.206. The summed E-state index contributed by atoms with van der Waals surface area (Å²) in [5.74, 6) is -0.113. The second kappa shape index (κ2) is 11.5. The highest BCUT2D eigenvalue weighted by Gasteiger charge is 2.42. The first kappa shape index (κ1) is 27.9. The van der Waals surface area contributed by atoms with Crippen LogP contribution >= 0.6 is 11.6 Å². The van der Waals surface area contributed by atoms with Crippen molar-refractivity contribution in [3.8, 4) is 11.4 Å². The highest BCUT2D eigenvalue weighted by molar-refractivity contribution is 7.89. The first-order valence-electron chi connectivity index (χ1n) is 12.6. The monoisotopic (exact) mass is 586 g/mol. The van der Waals surface area contributed by atoms with Crippen molar-refractivity contribution < 1.29 is 28.2 Å². The molecule has 1 aliphatic heterocycles. The predicted molar refractivity (Wildman–Crippen MR) is 146 cm³/mol. The van der Waals surface area contributed by atoms with Crippen molar-refractivity contribution in [2.45, 2.75) is 30.0 Å². The second-order valence-corrected chi connectivity index (χ2v) is 11.8. The van der Waals surface area contributed by atoms with E-state index in [4.69, 9.17) is 11.6 Å². The number of nitrogens with one attached hydrogen (secondary N) is 1. The SMILES string of the molecule is O=C(c1cnc(-c2cc[n+]([O-])cc2)nc1)N1C(CCO)CN(S(=O)(=O)c2cc3cc(Cl)ccc3[nH]2)CC1CCO. The smallest absolute Gasteiger partial charge is 0.258 e. The number of rotatable bonds is 8. The Labute approximate surface area is 235 Å². The molecule has 3 N–H and O–H groups in total. The third-order valence-corrected chi connectivity index (χ3v) is 8.90. The van der Waals surface area contributed by atoms with E-state index in [9.17, 15) is 28.6 Å². The van der Waals surface area contributed by atoms with E-state index in [0.29, 0.717) is 32.0 Å². The Morgan fingerprint density at radius 3 is 2.27 bits per heavy atom. The molecule has 2 atom stereocenters. The van der Waals surface area contributed by atoms with Gasteiger partial charge in [0.25, 0.3) is 15.9 Å². The van der Waals surface area contributed by atoms with Crippen molar-refractivity contribution in [2.75, 3.05) is 26.3 Å². The number of halogens is 1. The van der Waals surface area contributed by atoms with Crippen LogP contribution in [0.2, 0.25) is 5.02 Å². The summed E-state index contributed by atoms with van der Waals surface area (Å²) in [7, 11) is -4.01. The number of aliphatic hydroxyl groups excluding tert-OH is 2. The van der Waals surface area contributed by atoms with Gasteiger partial charge in [0.2, 0.25) is 0 Å². The van der Waals surface area contributed by atoms with E-state index >= 15 is 0 Å². The number of aliphatic hydroxyl groups is 2. The number of hydrogen-bond acceptors (Lipinski definition) is 8. The molecule has 2 unspecified atom stereocenters. The molecule has 0 saturated carbocycles. The number of aromatic nitrogens is 4. The number of benzene rings is 1. The molecule has 4 aromatic rings. The van der Waals surface area contributed by atoms with Crippen LogP contribution in [0.15, 0.2) is 66.2 Å². The van der Waals surface area contributed by atoms with Crippen LogP contribution in [0.3, 0.4) is 0 Å². The van der Waals surface area contributed by atoms with Gasteiger partial charge in [0, 0.05) is 84.4 Å². The van der Waals surface area contributed by atoms with Crippen LogP contribution in [0, 0.1) is 5.21 Å². The molecule has 4 heterocycles. The largest absolute Gasteiger partial charge is 0.619 e. The molecule has 210 valence electrons. The highest BCUT2D eigenvalue weighted by atomic mass is 35.5. The van der Waals surface area contributed by atoms with Crippen LogP contribution in [-0.2, 0) is 10.0 Å². The number of nitrogens with zero attached hydrogens (tertiary/aromatic N) is 5. The van der Waals surface area contributed by atoms with E-state index in [1.165, 1.54) is 40.1 Å². The minimum Gasteiger partial charge on any atom is -0.619 e. The minimum absolute atomic E-state index is 0.0116. The molecule has 5 rings (SSSR count). The van der Waals surface area contributed by atoms with Crippen LogP contribution in [0.5, 0.6) is 0 Å². The average Bonchev–Trinajstić information content (AvgIpc) is 3.38. The van der Waals surface area contributed by atoms with Crippen molar-refractivity contribution >= 4 is 38.4 Å². The lowest BCUT2D eigenvalue weighted by Gasteiger charge is -2.46. The molecule has 1 fully saturated rings. The number of amides is 1. The Morgan fingerprint density at radius 2 is 1.68 bits per heavy atom. The number of hydrogen-bond donors (Lipinski definition) is 3. The summed E-state index contributed by atoms with van der Waals surface area (Å²) in [6, 6.07) is 8.31. The molecule has 1 amide bonds. The Kier molecular flexibility index (Phi) is 8.01. The summed E-state index contributed by atoms with van der Waals surface area (Å²) in [6.07, 6.45) is 5.62. The molecule has 0 aliphatic carbocycles. The molecule has 14 heteroatoms. The van der Waals surface area contributed by atoms with Gasteiger partial charge < -0.3 is 25.3 Å². The number of carbonyl (C=O) groups excluding carboxylic acids is 1. The zero-order chi connectivity index (χ0) is 28.4.